The summed E-state index contributed by atoms with van der Waals surface area (Å²) in [4.78, 5) is 14.1. The van der Waals surface area contributed by atoms with E-state index in [1.54, 1.807) is 0 Å². The van der Waals surface area contributed by atoms with E-state index in [0.717, 1.165) is 32.4 Å². The molecule has 0 aromatic carbocycles. The number of morpholine rings is 1. The molecule has 21 heavy (non-hydrogen) atoms. The average Bonchev–Trinajstić information content (AvgIpc) is 2.52. The van der Waals surface area contributed by atoms with Crippen LogP contribution in [0.2, 0.25) is 0 Å². The molecule has 122 valence electrons. The van der Waals surface area contributed by atoms with E-state index < -0.39 is 0 Å². The van der Waals surface area contributed by atoms with E-state index in [9.17, 15) is 4.79 Å². The number of hydrogen-bond acceptors (Lipinski definition) is 3. The first kappa shape index (κ1) is 16.6. The quantitative estimate of drug-likeness (QED) is 0.794. The smallest absolute Gasteiger partial charge is 0.317 e. The average molecular weight is 298 g/mol. The fourth-order valence-corrected chi connectivity index (χ4v) is 2.99. The number of urea groups is 1. The first-order valence-corrected chi connectivity index (χ1v) is 8.41. The summed E-state index contributed by atoms with van der Waals surface area (Å²) in [7, 11) is 0. The molecule has 0 aromatic rings. The number of ether oxygens (including phenoxy) is 2. The topological polar surface area (TPSA) is 50.8 Å². The van der Waals surface area contributed by atoms with Crippen molar-refractivity contribution in [2.75, 3.05) is 32.8 Å². The molecular formula is C16H30N2O3. The molecule has 2 atom stereocenters. The third-order valence-electron chi connectivity index (χ3n) is 4.63. The molecule has 5 heteroatoms. The molecule has 2 saturated heterocycles. The van der Waals surface area contributed by atoms with Crippen LogP contribution < -0.4 is 5.32 Å². The Balaban J connectivity index is 1.62. The minimum Gasteiger partial charge on any atom is -0.378 e. The number of amides is 2. The summed E-state index contributed by atoms with van der Waals surface area (Å²) < 4.78 is 11.5. The van der Waals surface area contributed by atoms with Crippen molar-refractivity contribution in [2.45, 2.75) is 64.1 Å². The Morgan fingerprint density at radius 3 is 2.95 bits per heavy atom. The number of carbonyl (C=O) groups excluding carboxylic acids is 1. The molecular weight excluding hydrogens is 268 g/mol. The zero-order chi connectivity index (χ0) is 15.1. The van der Waals surface area contributed by atoms with Crippen molar-refractivity contribution in [1.82, 2.24) is 10.2 Å². The molecule has 0 aliphatic carbocycles. The number of nitrogens with one attached hydrogen (secondary N) is 1. The molecule has 2 heterocycles. The third-order valence-corrected chi connectivity index (χ3v) is 4.63. The normalized spacial score (nSPS) is 30.2. The Labute approximate surface area is 128 Å². The minimum atomic E-state index is -0.189. The monoisotopic (exact) mass is 298 g/mol. The van der Waals surface area contributed by atoms with Crippen LogP contribution in [-0.4, -0.2) is 55.5 Å². The molecule has 0 saturated carbocycles. The summed E-state index contributed by atoms with van der Waals surface area (Å²) in [6, 6.07) is 0.0440. The minimum absolute atomic E-state index is 0.0440. The molecule has 2 rings (SSSR count). The summed E-state index contributed by atoms with van der Waals surface area (Å²) in [5.41, 5.74) is -0.189. The van der Waals surface area contributed by atoms with Crippen LogP contribution in [0.1, 0.15) is 52.4 Å². The van der Waals surface area contributed by atoms with Gasteiger partial charge in [-0.15, -0.1) is 0 Å². The van der Waals surface area contributed by atoms with Gasteiger partial charge in [-0.2, -0.15) is 0 Å². The molecule has 0 aromatic heterocycles. The molecule has 1 N–H and O–H groups in total. The summed E-state index contributed by atoms with van der Waals surface area (Å²) in [5, 5.41) is 3.03. The van der Waals surface area contributed by atoms with Gasteiger partial charge in [0, 0.05) is 19.7 Å². The molecule has 0 radical (unpaired) electrons. The van der Waals surface area contributed by atoms with E-state index in [2.05, 4.69) is 19.2 Å². The lowest BCUT2D eigenvalue weighted by atomic mass is 10.0. The van der Waals surface area contributed by atoms with Crippen LogP contribution in [0.4, 0.5) is 4.79 Å². The van der Waals surface area contributed by atoms with Gasteiger partial charge >= 0.3 is 6.03 Å². The highest BCUT2D eigenvalue weighted by atomic mass is 16.5. The predicted octanol–water partition coefficient (Wildman–Crippen LogP) is 2.55. The molecule has 2 aliphatic heterocycles. The zero-order valence-electron chi connectivity index (χ0n) is 13.5. The Morgan fingerprint density at radius 1 is 1.38 bits per heavy atom. The largest absolute Gasteiger partial charge is 0.378 e. The summed E-state index contributed by atoms with van der Waals surface area (Å²) >= 11 is 0. The second-order valence-corrected chi connectivity index (χ2v) is 6.44. The second kappa shape index (κ2) is 7.99. The lowest BCUT2D eigenvalue weighted by Crippen LogP contribution is -2.54. The van der Waals surface area contributed by atoms with Crippen LogP contribution in [0.25, 0.3) is 0 Å². The van der Waals surface area contributed by atoms with Crippen molar-refractivity contribution in [1.29, 1.82) is 0 Å². The van der Waals surface area contributed by atoms with E-state index in [4.69, 9.17) is 9.47 Å². The second-order valence-electron chi connectivity index (χ2n) is 6.44. The first-order valence-electron chi connectivity index (χ1n) is 8.41. The fourth-order valence-electron chi connectivity index (χ4n) is 2.99. The molecule has 0 spiro atoms. The highest BCUT2D eigenvalue weighted by Crippen LogP contribution is 2.21. The maximum atomic E-state index is 12.2. The van der Waals surface area contributed by atoms with Gasteiger partial charge in [0.25, 0.3) is 0 Å². The lowest BCUT2D eigenvalue weighted by Gasteiger charge is -2.39. The van der Waals surface area contributed by atoms with Gasteiger partial charge in [-0.05, 0) is 45.4 Å². The molecule has 2 amide bonds. The van der Waals surface area contributed by atoms with Crippen LogP contribution in [-0.2, 0) is 9.47 Å². The van der Waals surface area contributed by atoms with Crippen LogP contribution >= 0.6 is 0 Å². The lowest BCUT2D eigenvalue weighted by molar-refractivity contribution is -0.0872. The Bertz CT molecular complexity index is 331. The van der Waals surface area contributed by atoms with E-state index >= 15 is 0 Å². The Kier molecular flexibility index (Phi) is 6.30. The highest BCUT2D eigenvalue weighted by Gasteiger charge is 2.32. The van der Waals surface area contributed by atoms with Gasteiger partial charge in [0.2, 0.25) is 0 Å². The standard InChI is InChI=1S/C16H30N2O3/c1-3-16(2)13-18(10-12-21-16)15(19)17-9-6-8-14-7-4-5-11-20-14/h14H,3-13H2,1-2H3,(H,17,19)/t14-,16-/m0/s1. The third kappa shape index (κ3) is 5.15. The van der Waals surface area contributed by atoms with Gasteiger partial charge in [0.05, 0.1) is 24.9 Å². The Morgan fingerprint density at radius 2 is 2.24 bits per heavy atom. The maximum Gasteiger partial charge on any atom is 0.317 e. The van der Waals surface area contributed by atoms with E-state index in [0.29, 0.717) is 25.8 Å². The van der Waals surface area contributed by atoms with Crippen LogP contribution in [0, 0.1) is 0 Å². The molecule has 5 nitrogen and oxygen atoms in total. The fraction of sp³-hybridized carbons (Fsp3) is 0.938. The van der Waals surface area contributed by atoms with E-state index in [1.165, 1.54) is 19.3 Å². The molecule has 0 bridgehead atoms. The number of hydrogen-bond donors (Lipinski definition) is 1. The van der Waals surface area contributed by atoms with Gasteiger partial charge in [-0.3, -0.25) is 0 Å². The SMILES string of the molecule is CC[C@@]1(C)CN(C(=O)NCCC[C@@H]2CCCCO2)CCO1. The van der Waals surface area contributed by atoms with Gasteiger partial charge in [0.1, 0.15) is 0 Å². The predicted molar refractivity (Wildman–Crippen MR) is 82.4 cm³/mol. The van der Waals surface area contributed by atoms with Crippen LogP contribution in [0.3, 0.4) is 0 Å². The van der Waals surface area contributed by atoms with Crippen molar-refractivity contribution < 1.29 is 14.3 Å². The molecule has 2 aliphatic rings. The van der Waals surface area contributed by atoms with Gasteiger partial charge < -0.3 is 19.7 Å². The maximum absolute atomic E-state index is 12.2. The van der Waals surface area contributed by atoms with Crippen molar-refractivity contribution in [3.05, 3.63) is 0 Å². The molecule has 2 fully saturated rings. The number of nitrogens with zero attached hydrogens (tertiary/aromatic N) is 1. The highest BCUT2D eigenvalue weighted by molar-refractivity contribution is 5.74. The van der Waals surface area contributed by atoms with E-state index in [-0.39, 0.29) is 11.6 Å². The number of rotatable bonds is 5. The van der Waals surface area contributed by atoms with Crippen molar-refractivity contribution in [3.8, 4) is 0 Å². The first-order chi connectivity index (χ1) is 10.1. The van der Waals surface area contributed by atoms with Crippen LogP contribution in [0.15, 0.2) is 0 Å². The summed E-state index contributed by atoms with van der Waals surface area (Å²) in [5.74, 6) is 0. The molecule has 0 unspecified atom stereocenters. The van der Waals surface area contributed by atoms with Crippen molar-refractivity contribution in [2.24, 2.45) is 0 Å². The van der Waals surface area contributed by atoms with Crippen LogP contribution in [0.5, 0.6) is 0 Å². The summed E-state index contributed by atoms with van der Waals surface area (Å²) in [6.45, 7) is 7.82. The van der Waals surface area contributed by atoms with Gasteiger partial charge in [0.15, 0.2) is 0 Å². The zero-order valence-corrected chi connectivity index (χ0v) is 13.5. The van der Waals surface area contributed by atoms with Crippen molar-refractivity contribution >= 4 is 6.03 Å². The van der Waals surface area contributed by atoms with E-state index in [1.807, 2.05) is 4.90 Å². The summed E-state index contributed by atoms with van der Waals surface area (Å²) in [6.07, 6.45) is 7.02. The van der Waals surface area contributed by atoms with Crippen molar-refractivity contribution in [3.63, 3.8) is 0 Å². The van der Waals surface area contributed by atoms with Gasteiger partial charge in [-0.1, -0.05) is 6.92 Å². The van der Waals surface area contributed by atoms with Gasteiger partial charge in [-0.25, -0.2) is 4.79 Å². The Hall–Kier alpha value is -0.810. The number of carbonyl (C=O) groups is 1.